The predicted molar refractivity (Wildman–Crippen MR) is 124 cm³/mol. The van der Waals surface area contributed by atoms with E-state index in [1.54, 1.807) is 20.4 Å². The largest absolute Gasteiger partial charge is 0.497 e. The Kier molecular flexibility index (Phi) is 6.47. The van der Waals surface area contributed by atoms with Crippen LogP contribution in [0.1, 0.15) is 30.5 Å². The lowest BCUT2D eigenvalue weighted by Crippen LogP contribution is -2.09. The van der Waals surface area contributed by atoms with Gasteiger partial charge in [-0.3, -0.25) is 4.99 Å². The van der Waals surface area contributed by atoms with E-state index in [1.165, 1.54) is 11.3 Å². The Hall–Kier alpha value is -3.39. The molecule has 0 radical (unpaired) electrons. The van der Waals surface area contributed by atoms with Gasteiger partial charge in [0, 0.05) is 37.0 Å². The number of allylic oxidation sites excluding steroid dienone is 2. The van der Waals surface area contributed by atoms with Gasteiger partial charge in [-0.15, -0.1) is 0 Å². The van der Waals surface area contributed by atoms with Gasteiger partial charge >= 0.3 is 0 Å². The maximum Gasteiger partial charge on any atom is 0.156 e. The molecule has 2 aromatic heterocycles. The number of nitrogens with two attached hydrogens (primary N) is 1. The highest BCUT2D eigenvalue weighted by Gasteiger charge is 2.14. The maximum atomic E-state index is 5.54. The molecule has 0 aliphatic heterocycles. The van der Waals surface area contributed by atoms with Crippen molar-refractivity contribution in [3.63, 3.8) is 0 Å². The van der Waals surface area contributed by atoms with E-state index in [-0.39, 0.29) is 0 Å². The van der Waals surface area contributed by atoms with Gasteiger partial charge in [0.05, 0.1) is 27.0 Å². The second-order valence-electron chi connectivity index (χ2n) is 7.42. The number of hydrogen-bond donors (Lipinski definition) is 3. The van der Waals surface area contributed by atoms with E-state index in [4.69, 9.17) is 20.2 Å². The number of aliphatic imine (C=N–C) groups is 1. The van der Waals surface area contributed by atoms with Crippen molar-refractivity contribution in [2.24, 2.45) is 10.7 Å². The summed E-state index contributed by atoms with van der Waals surface area (Å²) in [7, 11) is 3.29. The molecule has 1 aliphatic rings. The van der Waals surface area contributed by atoms with Crippen LogP contribution in [0, 0.1) is 0 Å². The number of nitrogens with one attached hydrogen (secondary N) is 2. The Balaban J connectivity index is 1.47. The third-order valence-electron chi connectivity index (χ3n) is 5.30. The zero-order valence-electron chi connectivity index (χ0n) is 17.9. The van der Waals surface area contributed by atoms with E-state index >= 15 is 0 Å². The van der Waals surface area contributed by atoms with Crippen LogP contribution < -0.4 is 20.5 Å². The minimum Gasteiger partial charge on any atom is -0.497 e. The molecule has 1 aromatic carbocycles. The van der Waals surface area contributed by atoms with Crippen molar-refractivity contribution in [3.8, 4) is 11.5 Å². The molecule has 0 saturated heterocycles. The third kappa shape index (κ3) is 5.03. The molecular weight excluding hydrogens is 392 g/mol. The number of anilines is 1. The van der Waals surface area contributed by atoms with E-state index in [0.29, 0.717) is 25.5 Å². The first-order valence-corrected chi connectivity index (χ1v) is 10.4. The van der Waals surface area contributed by atoms with Gasteiger partial charge < -0.3 is 25.5 Å². The molecule has 31 heavy (non-hydrogen) atoms. The molecule has 0 spiro atoms. The van der Waals surface area contributed by atoms with Crippen molar-refractivity contribution in [2.45, 2.75) is 25.8 Å². The van der Waals surface area contributed by atoms with E-state index in [9.17, 15) is 0 Å². The zero-order valence-corrected chi connectivity index (χ0v) is 17.9. The number of ether oxygens (including phenoxy) is 2. The lowest BCUT2D eigenvalue weighted by Gasteiger charge is -2.13. The summed E-state index contributed by atoms with van der Waals surface area (Å²) in [6.45, 7) is 1.89. The number of aromatic amines is 1. The van der Waals surface area contributed by atoms with Crippen LogP contribution in [0.2, 0.25) is 0 Å². The van der Waals surface area contributed by atoms with E-state index in [2.05, 4.69) is 32.4 Å². The van der Waals surface area contributed by atoms with Gasteiger partial charge in [-0.1, -0.05) is 6.08 Å². The number of benzene rings is 1. The molecule has 0 amide bonds. The predicted octanol–water partition coefficient (Wildman–Crippen LogP) is 3.55. The van der Waals surface area contributed by atoms with Crippen LogP contribution in [0.15, 0.2) is 41.5 Å². The molecule has 0 unspecified atom stereocenters. The molecule has 0 bridgehead atoms. The summed E-state index contributed by atoms with van der Waals surface area (Å²) in [4.78, 5) is 17.2. The van der Waals surface area contributed by atoms with E-state index in [0.717, 1.165) is 53.2 Å². The lowest BCUT2D eigenvalue weighted by molar-refractivity contribution is 0.393. The molecule has 8 nitrogen and oxygen atoms in total. The lowest BCUT2D eigenvalue weighted by atomic mass is 9.95. The first-order chi connectivity index (χ1) is 15.2. The summed E-state index contributed by atoms with van der Waals surface area (Å²) in [5, 5.41) is 3.33. The molecule has 4 N–H and O–H groups in total. The van der Waals surface area contributed by atoms with Crippen LogP contribution in [0.5, 0.6) is 11.5 Å². The van der Waals surface area contributed by atoms with Gasteiger partial charge in [0.25, 0.3) is 0 Å². The highest BCUT2D eigenvalue weighted by Crippen LogP contribution is 2.28. The minimum atomic E-state index is 0.584. The summed E-state index contributed by atoms with van der Waals surface area (Å²) in [5.74, 6) is 2.23. The number of hydrogen-bond acceptors (Lipinski definition) is 7. The Morgan fingerprint density at radius 1 is 1.13 bits per heavy atom. The summed E-state index contributed by atoms with van der Waals surface area (Å²) >= 11 is 0. The van der Waals surface area contributed by atoms with Gasteiger partial charge in [0.15, 0.2) is 5.65 Å². The van der Waals surface area contributed by atoms with Crippen LogP contribution >= 0.6 is 0 Å². The molecule has 1 aliphatic carbocycles. The molecule has 0 fully saturated rings. The molecule has 0 atom stereocenters. The highest BCUT2D eigenvalue weighted by molar-refractivity contribution is 5.92. The zero-order chi connectivity index (χ0) is 21.6. The Labute approximate surface area is 181 Å². The molecule has 8 heteroatoms. The summed E-state index contributed by atoms with van der Waals surface area (Å²) in [6.07, 6.45) is 6.78. The van der Waals surface area contributed by atoms with Crippen LogP contribution in [0.4, 0.5) is 5.82 Å². The molecule has 2 heterocycles. The number of methoxy groups -OCH3 is 2. The second kappa shape index (κ2) is 9.61. The Bertz CT molecular complexity index is 1100. The van der Waals surface area contributed by atoms with Gasteiger partial charge in [0.1, 0.15) is 22.8 Å². The van der Waals surface area contributed by atoms with E-state index in [1.807, 2.05) is 18.2 Å². The number of rotatable bonds is 8. The normalized spacial score (nSPS) is 15.2. The first-order valence-electron chi connectivity index (χ1n) is 10.4. The van der Waals surface area contributed by atoms with Crippen molar-refractivity contribution in [2.75, 3.05) is 32.6 Å². The average Bonchev–Trinajstić information content (AvgIpc) is 3.25. The van der Waals surface area contributed by atoms with Gasteiger partial charge in [-0.25, -0.2) is 9.97 Å². The van der Waals surface area contributed by atoms with Crippen LogP contribution in [-0.2, 0) is 6.54 Å². The molecule has 4 rings (SSSR count). The molecule has 162 valence electrons. The highest BCUT2D eigenvalue weighted by atomic mass is 16.5. The van der Waals surface area contributed by atoms with Crippen molar-refractivity contribution in [3.05, 3.63) is 47.8 Å². The van der Waals surface area contributed by atoms with Gasteiger partial charge in [-0.2, -0.15) is 0 Å². The Morgan fingerprint density at radius 3 is 2.61 bits per heavy atom. The fourth-order valence-electron chi connectivity index (χ4n) is 3.65. The number of fused-ring (bicyclic) bond motifs is 1. The van der Waals surface area contributed by atoms with Crippen LogP contribution in [0.25, 0.3) is 16.7 Å². The molecule has 0 saturated carbocycles. The minimum absolute atomic E-state index is 0.584. The van der Waals surface area contributed by atoms with Crippen molar-refractivity contribution in [1.29, 1.82) is 0 Å². The number of H-pyrrole nitrogens is 1. The van der Waals surface area contributed by atoms with Crippen LogP contribution in [-0.4, -0.2) is 48.0 Å². The summed E-state index contributed by atoms with van der Waals surface area (Å²) in [6, 6.07) is 7.85. The first kappa shape index (κ1) is 20.9. The fourth-order valence-corrected chi connectivity index (χ4v) is 3.65. The number of aromatic nitrogens is 3. The van der Waals surface area contributed by atoms with Crippen molar-refractivity contribution >= 4 is 28.3 Å². The Morgan fingerprint density at radius 2 is 1.94 bits per heavy atom. The molecular formula is C23H28N6O2. The topological polar surface area (TPSA) is 110 Å². The SMILES string of the molecule is COc1cc(CNc2cnc3[nH]c(C4=CCC(=NCCN)CC4)cc3n2)cc(OC)c1. The second-order valence-corrected chi connectivity index (χ2v) is 7.42. The third-order valence-corrected chi connectivity index (χ3v) is 5.30. The standard InChI is InChI=1S/C23H28N6O2/c1-30-18-9-15(10-19(11-18)31-2)13-26-22-14-27-23-21(28-22)12-20(29-23)16-3-5-17(6-4-16)25-8-7-24/h3,9-12,14H,4-8,13,24H2,1-2H3,(H,26,28)(H,27,29). The molecule has 3 aromatic rings. The number of nitrogens with zero attached hydrogens (tertiary/aromatic N) is 3. The summed E-state index contributed by atoms with van der Waals surface area (Å²) in [5.41, 5.74) is 11.8. The van der Waals surface area contributed by atoms with Crippen molar-refractivity contribution < 1.29 is 9.47 Å². The van der Waals surface area contributed by atoms with Crippen LogP contribution in [0.3, 0.4) is 0 Å². The average molecular weight is 421 g/mol. The van der Waals surface area contributed by atoms with Crippen molar-refractivity contribution in [1.82, 2.24) is 15.0 Å². The summed E-state index contributed by atoms with van der Waals surface area (Å²) < 4.78 is 10.7. The smallest absolute Gasteiger partial charge is 0.156 e. The maximum absolute atomic E-state index is 5.54. The van der Waals surface area contributed by atoms with E-state index < -0.39 is 0 Å². The van der Waals surface area contributed by atoms with Gasteiger partial charge in [0.2, 0.25) is 0 Å². The monoisotopic (exact) mass is 420 g/mol. The fraction of sp³-hybridized carbons (Fsp3) is 0.348. The quantitative estimate of drug-likeness (QED) is 0.514. The van der Waals surface area contributed by atoms with Gasteiger partial charge in [-0.05, 0) is 42.2 Å².